The second-order valence-electron chi connectivity index (χ2n) is 8.45. The van der Waals surface area contributed by atoms with Crippen molar-refractivity contribution < 1.29 is 10.2 Å². The van der Waals surface area contributed by atoms with E-state index in [1.54, 1.807) is 5.57 Å². The van der Waals surface area contributed by atoms with Gasteiger partial charge in [0.1, 0.15) is 5.60 Å². The summed E-state index contributed by atoms with van der Waals surface area (Å²) in [6, 6.07) is 0. The van der Waals surface area contributed by atoms with Gasteiger partial charge < -0.3 is 10.2 Å². The molecule has 0 aliphatic heterocycles. The summed E-state index contributed by atoms with van der Waals surface area (Å²) in [7, 11) is 0. The number of fused-ring (bicyclic) bond motifs is 4. The van der Waals surface area contributed by atoms with Crippen LogP contribution in [0.2, 0.25) is 0 Å². The van der Waals surface area contributed by atoms with Gasteiger partial charge in [0.05, 0.1) is 5.60 Å². The molecule has 0 bridgehead atoms. The van der Waals surface area contributed by atoms with E-state index in [-0.39, 0.29) is 5.41 Å². The number of rotatable bonds is 0. The molecule has 0 radical (unpaired) electrons. The highest BCUT2D eigenvalue weighted by Gasteiger charge is 2.61. The summed E-state index contributed by atoms with van der Waals surface area (Å²) in [6.07, 6.45) is 15.9. The smallest absolute Gasteiger partial charge is 0.130 e. The van der Waals surface area contributed by atoms with Gasteiger partial charge in [-0.25, -0.2) is 0 Å². The fourth-order valence-electron chi connectivity index (χ4n) is 6.35. The Morgan fingerprint density at radius 2 is 1.86 bits per heavy atom. The fourth-order valence-corrected chi connectivity index (χ4v) is 6.35. The minimum atomic E-state index is -0.922. The Balaban J connectivity index is 1.75. The zero-order valence-electron chi connectivity index (χ0n) is 13.7. The van der Waals surface area contributed by atoms with E-state index < -0.39 is 11.2 Å². The van der Waals surface area contributed by atoms with Gasteiger partial charge in [-0.05, 0) is 81.6 Å². The Bertz CT molecular complexity index is 571. The fraction of sp³-hybridized carbons (Fsp3) is 0.800. The van der Waals surface area contributed by atoms with Crippen LogP contribution in [0, 0.1) is 29.6 Å². The summed E-state index contributed by atoms with van der Waals surface area (Å²) in [5.74, 6) is 3.78. The first-order chi connectivity index (χ1) is 10.4. The van der Waals surface area contributed by atoms with Gasteiger partial charge in [-0.15, -0.1) is 6.42 Å². The Kier molecular flexibility index (Phi) is 3.10. The van der Waals surface area contributed by atoms with Crippen LogP contribution in [0.15, 0.2) is 11.1 Å². The molecular formula is C20H28O2. The third-order valence-electron chi connectivity index (χ3n) is 7.75. The molecule has 0 unspecified atom stereocenters. The summed E-state index contributed by atoms with van der Waals surface area (Å²) in [4.78, 5) is 0. The first-order valence-electron chi connectivity index (χ1n) is 9.08. The number of hydrogen-bond acceptors (Lipinski definition) is 2. The van der Waals surface area contributed by atoms with E-state index in [0.717, 1.165) is 57.8 Å². The zero-order valence-corrected chi connectivity index (χ0v) is 13.7. The van der Waals surface area contributed by atoms with Crippen LogP contribution in [-0.2, 0) is 0 Å². The minimum absolute atomic E-state index is 0.138. The van der Waals surface area contributed by atoms with Crippen LogP contribution in [-0.4, -0.2) is 21.4 Å². The zero-order chi connectivity index (χ0) is 15.6. The lowest BCUT2D eigenvalue weighted by molar-refractivity contribution is -0.0560. The van der Waals surface area contributed by atoms with Crippen LogP contribution in [0.3, 0.4) is 0 Å². The topological polar surface area (TPSA) is 40.5 Å². The lowest BCUT2D eigenvalue weighted by Crippen LogP contribution is -2.51. The Labute approximate surface area is 134 Å². The van der Waals surface area contributed by atoms with Crippen LogP contribution in [0.5, 0.6) is 0 Å². The summed E-state index contributed by atoms with van der Waals surface area (Å²) in [5.41, 5.74) is 1.37. The van der Waals surface area contributed by atoms with Crippen LogP contribution in [0.4, 0.5) is 0 Å². The lowest BCUT2D eigenvalue weighted by Gasteiger charge is -2.53. The van der Waals surface area contributed by atoms with Gasteiger partial charge >= 0.3 is 0 Å². The monoisotopic (exact) mass is 300 g/mol. The first kappa shape index (κ1) is 14.8. The molecule has 22 heavy (non-hydrogen) atoms. The molecule has 2 N–H and O–H groups in total. The molecule has 0 spiro atoms. The van der Waals surface area contributed by atoms with E-state index in [9.17, 15) is 10.2 Å². The molecule has 2 heteroatoms. The molecule has 5 atom stereocenters. The van der Waals surface area contributed by atoms with E-state index in [1.807, 2.05) is 0 Å². The maximum Gasteiger partial charge on any atom is 0.130 e. The van der Waals surface area contributed by atoms with Crippen molar-refractivity contribution in [1.82, 2.24) is 0 Å². The van der Waals surface area contributed by atoms with Crippen LogP contribution in [0.1, 0.15) is 71.1 Å². The minimum Gasteiger partial charge on any atom is -0.386 e. The largest absolute Gasteiger partial charge is 0.386 e. The highest BCUT2D eigenvalue weighted by Crippen LogP contribution is 2.64. The second kappa shape index (κ2) is 4.62. The molecule has 0 saturated heterocycles. The molecule has 0 heterocycles. The van der Waals surface area contributed by atoms with Crippen molar-refractivity contribution >= 4 is 0 Å². The highest BCUT2D eigenvalue weighted by molar-refractivity contribution is 5.36. The maximum atomic E-state index is 11.0. The molecule has 4 aliphatic rings. The lowest BCUT2D eigenvalue weighted by atomic mass is 9.53. The molecule has 120 valence electrons. The van der Waals surface area contributed by atoms with Gasteiger partial charge in [-0.2, -0.15) is 0 Å². The molecular weight excluding hydrogens is 272 g/mol. The van der Waals surface area contributed by atoms with E-state index >= 15 is 0 Å². The van der Waals surface area contributed by atoms with Crippen molar-refractivity contribution in [1.29, 1.82) is 0 Å². The van der Waals surface area contributed by atoms with E-state index in [4.69, 9.17) is 6.42 Å². The van der Waals surface area contributed by atoms with Gasteiger partial charge in [-0.1, -0.05) is 18.4 Å². The molecule has 0 aromatic heterocycles. The first-order valence-corrected chi connectivity index (χ1v) is 9.08. The predicted octanol–water partition coefficient (Wildman–Crippen LogP) is 3.57. The van der Waals surface area contributed by atoms with E-state index in [1.165, 1.54) is 12.0 Å². The van der Waals surface area contributed by atoms with Crippen LogP contribution < -0.4 is 0 Å². The van der Waals surface area contributed by atoms with Gasteiger partial charge in [0.25, 0.3) is 0 Å². The molecule has 3 saturated carbocycles. The quantitative estimate of drug-likeness (QED) is 0.530. The van der Waals surface area contributed by atoms with Crippen molar-refractivity contribution in [3.8, 4) is 12.3 Å². The second-order valence-corrected chi connectivity index (χ2v) is 8.45. The number of aliphatic hydroxyl groups is 2. The summed E-state index contributed by atoms with van der Waals surface area (Å²) in [6.45, 7) is 2.22. The number of allylic oxidation sites excluding steroid dienone is 1. The van der Waals surface area contributed by atoms with Crippen LogP contribution in [0.25, 0.3) is 0 Å². The van der Waals surface area contributed by atoms with Crippen molar-refractivity contribution in [2.24, 2.45) is 17.3 Å². The molecule has 0 aromatic carbocycles. The number of hydrogen-bond donors (Lipinski definition) is 2. The summed E-state index contributed by atoms with van der Waals surface area (Å²) >= 11 is 0. The Morgan fingerprint density at radius 1 is 1.05 bits per heavy atom. The third-order valence-corrected chi connectivity index (χ3v) is 7.75. The van der Waals surface area contributed by atoms with Crippen molar-refractivity contribution in [2.75, 3.05) is 0 Å². The summed E-state index contributed by atoms with van der Waals surface area (Å²) in [5, 5.41) is 22.0. The Morgan fingerprint density at radius 3 is 2.64 bits per heavy atom. The van der Waals surface area contributed by atoms with Gasteiger partial charge in [0, 0.05) is 5.41 Å². The molecule has 4 aliphatic carbocycles. The van der Waals surface area contributed by atoms with Gasteiger partial charge in [0.2, 0.25) is 0 Å². The standard InChI is InChI=1S/C20H28O2/c1-3-20(22)13-9-16-14-8-12-19(21)10-5-4-6-17(19)15(14)7-11-18(16,20)2/h1,14,16,21-22H,4-13H2,2H3/t14-,16+,18+,19+,20+/m1/s1. The molecule has 3 fully saturated rings. The average Bonchev–Trinajstić information content (AvgIpc) is 2.79. The highest BCUT2D eigenvalue weighted by atomic mass is 16.3. The SMILES string of the molecule is C#C[C@]1(O)CC[C@H]2[C@@H]3CC[C@@]4(O)CCCCC4=C3CC[C@@]21C. The van der Waals surface area contributed by atoms with Gasteiger partial charge in [-0.3, -0.25) is 0 Å². The third kappa shape index (κ3) is 1.70. The molecule has 0 amide bonds. The Hall–Kier alpha value is -0.780. The van der Waals surface area contributed by atoms with Gasteiger partial charge in [0.15, 0.2) is 0 Å². The molecule has 2 nitrogen and oxygen atoms in total. The maximum absolute atomic E-state index is 11.0. The van der Waals surface area contributed by atoms with E-state index in [2.05, 4.69) is 12.8 Å². The summed E-state index contributed by atoms with van der Waals surface area (Å²) < 4.78 is 0. The van der Waals surface area contributed by atoms with Crippen LogP contribution >= 0.6 is 0 Å². The van der Waals surface area contributed by atoms with E-state index in [0.29, 0.717) is 11.8 Å². The number of terminal acetylenes is 1. The van der Waals surface area contributed by atoms with Crippen molar-refractivity contribution in [2.45, 2.75) is 82.3 Å². The van der Waals surface area contributed by atoms with Crippen molar-refractivity contribution in [3.63, 3.8) is 0 Å². The normalized spacial score (nSPS) is 50.8. The molecule has 0 aromatic rings. The predicted molar refractivity (Wildman–Crippen MR) is 87.0 cm³/mol. The average molecular weight is 300 g/mol. The molecule has 4 rings (SSSR count). The van der Waals surface area contributed by atoms with Crippen molar-refractivity contribution in [3.05, 3.63) is 11.1 Å².